The quantitative estimate of drug-likeness (QED) is 0.449. The molecule has 7 nitrogen and oxygen atoms in total. The number of rotatable bonds is 7. The zero-order chi connectivity index (χ0) is 27.3. The molecule has 2 saturated carbocycles. The summed E-state index contributed by atoms with van der Waals surface area (Å²) in [4.78, 5) is 22.0. The number of sulfonamides is 1. The number of carbonyl (C=O) groups excluding carboxylic acids is 1. The van der Waals surface area contributed by atoms with E-state index in [0.717, 1.165) is 30.5 Å². The highest BCUT2D eigenvalue weighted by molar-refractivity contribution is 7.92. The Morgan fingerprint density at radius 2 is 1.62 bits per heavy atom. The van der Waals surface area contributed by atoms with Crippen LogP contribution in [-0.4, -0.2) is 38.1 Å². The number of alkyl halides is 3. The number of carboxylic acids is 1. The Morgan fingerprint density at radius 3 is 2.14 bits per heavy atom. The van der Waals surface area contributed by atoms with E-state index in [0.29, 0.717) is 11.6 Å². The van der Waals surface area contributed by atoms with Crippen LogP contribution in [-0.2, 0) is 25.0 Å². The van der Waals surface area contributed by atoms with Crippen LogP contribution in [0.5, 0.6) is 0 Å². The third-order valence-electron chi connectivity index (χ3n) is 6.69. The van der Waals surface area contributed by atoms with E-state index in [2.05, 4.69) is 10.0 Å². The lowest BCUT2D eigenvalue weighted by Crippen LogP contribution is -2.38. The molecule has 2 aromatic carbocycles. The highest BCUT2D eigenvalue weighted by atomic mass is 32.2. The molecule has 2 aliphatic rings. The number of aryl methyl sites for hydroxylation is 1. The van der Waals surface area contributed by atoms with Gasteiger partial charge in [0, 0.05) is 12.2 Å². The van der Waals surface area contributed by atoms with E-state index in [1.54, 1.807) is 30.3 Å². The third kappa shape index (κ3) is 7.70. The molecule has 0 unspecified atom stereocenters. The fourth-order valence-electron chi connectivity index (χ4n) is 4.42. The summed E-state index contributed by atoms with van der Waals surface area (Å²) in [6.07, 6.45) is 2.88. The van der Waals surface area contributed by atoms with E-state index >= 15 is 0 Å². The zero-order valence-corrected chi connectivity index (χ0v) is 21.3. The van der Waals surface area contributed by atoms with Gasteiger partial charge in [0.15, 0.2) is 0 Å². The van der Waals surface area contributed by atoms with Crippen LogP contribution in [0.3, 0.4) is 0 Å². The molecule has 0 heterocycles. The van der Waals surface area contributed by atoms with E-state index in [9.17, 15) is 26.4 Å². The van der Waals surface area contributed by atoms with Crippen molar-refractivity contribution in [2.75, 3.05) is 11.3 Å². The maximum absolute atomic E-state index is 12.9. The highest BCUT2D eigenvalue weighted by Gasteiger charge is 2.51. The molecule has 4 rings (SSSR count). The van der Waals surface area contributed by atoms with Crippen molar-refractivity contribution in [2.24, 2.45) is 5.92 Å². The number of aliphatic carboxylic acids is 1. The summed E-state index contributed by atoms with van der Waals surface area (Å²) in [6.45, 7) is 2.64. The molecule has 11 heteroatoms. The third-order valence-corrected chi connectivity index (χ3v) is 8.07. The van der Waals surface area contributed by atoms with Crippen molar-refractivity contribution in [3.8, 4) is 0 Å². The maximum Gasteiger partial charge on any atom is 0.490 e. The average Bonchev–Trinajstić information content (AvgIpc) is 3.65. The molecule has 0 aliphatic heterocycles. The average molecular weight is 541 g/mol. The van der Waals surface area contributed by atoms with Gasteiger partial charge in [-0.25, -0.2) is 13.2 Å². The summed E-state index contributed by atoms with van der Waals surface area (Å²) < 4.78 is 59.6. The van der Waals surface area contributed by atoms with Crippen molar-refractivity contribution < 1.29 is 36.3 Å². The smallest absolute Gasteiger partial charge is 0.475 e. The Morgan fingerprint density at radius 1 is 1.03 bits per heavy atom. The van der Waals surface area contributed by atoms with Gasteiger partial charge in [-0.15, -0.1) is 0 Å². The molecular formula is C26H31F3N2O5S. The number of nitrogens with one attached hydrogen (secondary N) is 2. The van der Waals surface area contributed by atoms with Gasteiger partial charge >= 0.3 is 12.1 Å². The summed E-state index contributed by atoms with van der Waals surface area (Å²) in [5, 5.41) is 10.3. The lowest BCUT2D eigenvalue weighted by molar-refractivity contribution is -0.192. The molecule has 37 heavy (non-hydrogen) atoms. The van der Waals surface area contributed by atoms with Gasteiger partial charge in [-0.3, -0.25) is 9.52 Å². The lowest BCUT2D eigenvalue weighted by Gasteiger charge is -2.23. The van der Waals surface area contributed by atoms with Gasteiger partial charge in [0.1, 0.15) is 0 Å². The Labute approximate surface area is 214 Å². The molecule has 0 bridgehead atoms. The van der Waals surface area contributed by atoms with Crippen LogP contribution in [0.1, 0.15) is 56.1 Å². The minimum absolute atomic E-state index is 0.112. The van der Waals surface area contributed by atoms with Crippen molar-refractivity contribution in [3.63, 3.8) is 0 Å². The molecule has 3 N–H and O–H groups in total. The van der Waals surface area contributed by atoms with Crippen LogP contribution in [0, 0.1) is 12.8 Å². The van der Waals surface area contributed by atoms with E-state index in [4.69, 9.17) is 9.90 Å². The lowest BCUT2D eigenvalue weighted by atomic mass is 9.88. The number of anilines is 1. The van der Waals surface area contributed by atoms with Crippen LogP contribution in [0.2, 0.25) is 0 Å². The number of hydrogen-bond acceptors (Lipinski definition) is 4. The Hall–Kier alpha value is -3.08. The minimum Gasteiger partial charge on any atom is -0.475 e. The number of carboxylic acid groups (broad SMARTS) is 1. The SMILES string of the molecule is Cc1cccc(S(=O)(=O)Nc2ccc(C3(C(=O)NCC4CCCCC4)CC3)cc2)c1.O=C(O)C(F)(F)F. The second-order valence-electron chi connectivity index (χ2n) is 9.60. The number of amides is 1. The predicted octanol–water partition coefficient (Wildman–Crippen LogP) is 5.16. The summed E-state index contributed by atoms with van der Waals surface area (Å²) in [6, 6.07) is 14.1. The molecule has 2 fully saturated rings. The van der Waals surface area contributed by atoms with E-state index < -0.39 is 27.6 Å². The van der Waals surface area contributed by atoms with E-state index in [1.165, 1.54) is 32.1 Å². The fourth-order valence-corrected chi connectivity index (χ4v) is 5.59. The molecular weight excluding hydrogens is 509 g/mol. The summed E-state index contributed by atoms with van der Waals surface area (Å²) in [5.74, 6) is -2.04. The summed E-state index contributed by atoms with van der Waals surface area (Å²) in [5.41, 5.74) is 1.91. The first-order chi connectivity index (χ1) is 17.3. The molecule has 2 aromatic rings. The molecule has 1 amide bonds. The molecule has 0 radical (unpaired) electrons. The molecule has 0 spiro atoms. The van der Waals surface area contributed by atoms with Gasteiger partial charge < -0.3 is 10.4 Å². The Bertz CT molecular complexity index is 1200. The normalized spacial score (nSPS) is 17.2. The largest absolute Gasteiger partial charge is 0.490 e. The van der Waals surface area contributed by atoms with Crippen molar-refractivity contribution in [3.05, 3.63) is 59.7 Å². The number of hydrogen-bond donors (Lipinski definition) is 3. The highest BCUT2D eigenvalue weighted by Crippen LogP contribution is 2.48. The standard InChI is InChI=1S/C24H30N2O3S.C2HF3O2/c1-18-6-5-9-22(16-18)30(28,29)26-21-12-10-20(11-13-21)24(14-15-24)23(27)25-17-19-7-3-2-4-8-19;3-2(4,5)1(6)7/h5-6,9-13,16,19,26H,2-4,7-8,14-15,17H2,1H3,(H,25,27);(H,6,7). The van der Waals surface area contributed by atoms with Crippen LogP contribution < -0.4 is 10.0 Å². The zero-order valence-electron chi connectivity index (χ0n) is 20.5. The number of carbonyl (C=O) groups is 2. The molecule has 2 aliphatic carbocycles. The second-order valence-corrected chi connectivity index (χ2v) is 11.3. The van der Waals surface area contributed by atoms with Crippen molar-refractivity contribution in [2.45, 2.75) is 68.4 Å². The van der Waals surface area contributed by atoms with Crippen LogP contribution in [0.25, 0.3) is 0 Å². The first kappa shape index (κ1) is 28.5. The van der Waals surface area contributed by atoms with Gasteiger partial charge in [-0.05, 0) is 73.9 Å². The summed E-state index contributed by atoms with van der Waals surface area (Å²) >= 11 is 0. The fraction of sp³-hybridized carbons (Fsp3) is 0.462. The molecule has 0 saturated heterocycles. The van der Waals surface area contributed by atoms with Gasteiger partial charge in [0.2, 0.25) is 5.91 Å². The predicted molar refractivity (Wildman–Crippen MR) is 133 cm³/mol. The minimum atomic E-state index is -5.08. The maximum atomic E-state index is 12.9. The van der Waals surface area contributed by atoms with Gasteiger partial charge in [0.05, 0.1) is 10.3 Å². The van der Waals surface area contributed by atoms with Crippen molar-refractivity contribution in [1.29, 1.82) is 0 Å². The van der Waals surface area contributed by atoms with Gasteiger partial charge in [-0.1, -0.05) is 43.5 Å². The number of benzene rings is 2. The molecule has 202 valence electrons. The Kier molecular flexibility index (Phi) is 8.88. The van der Waals surface area contributed by atoms with Gasteiger partial charge in [0.25, 0.3) is 10.0 Å². The van der Waals surface area contributed by atoms with Gasteiger partial charge in [-0.2, -0.15) is 13.2 Å². The first-order valence-corrected chi connectivity index (χ1v) is 13.6. The monoisotopic (exact) mass is 540 g/mol. The van der Waals surface area contributed by atoms with Crippen molar-refractivity contribution >= 4 is 27.6 Å². The van der Waals surface area contributed by atoms with Crippen LogP contribution >= 0.6 is 0 Å². The summed E-state index contributed by atoms with van der Waals surface area (Å²) in [7, 11) is -3.64. The van der Waals surface area contributed by atoms with E-state index in [-0.39, 0.29) is 10.8 Å². The van der Waals surface area contributed by atoms with Crippen molar-refractivity contribution in [1.82, 2.24) is 5.32 Å². The van der Waals surface area contributed by atoms with Crippen LogP contribution in [0.4, 0.5) is 18.9 Å². The topological polar surface area (TPSA) is 113 Å². The van der Waals surface area contributed by atoms with E-state index in [1.807, 2.05) is 25.1 Å². The van der Waals surface area contributed by atoms with Crippen LogP contribution in [0.15, 0.2) is 53.4 Å². The number of halogens is 3. The molecule has 0 atom stereocenters. The second kappa shape index (κ2) is 11.5. The molecule has 0 aromatic heterocycles. The Balaban J connectivity index is 0.000000479. The first-order valence-electron chi connectivity index (χ1n) is 12.1.